The van der Waals surface area contributed by atoms with Crippen molar-refractivity contribution in [3.8, 4) is 17.0 Å². The molecular weight excluding hydrogens is 388 g/mol. The largest absolute Gasteiger partial charge is 0.478 e. The highest BCUT2D eigenvalue weighted by Gasteiger charge is 2.11. The lowest BCUT2D eigenvalue weighted by atomic mass is 10.1. The van der Waals surface area contributed by atoms with E-state index >= 15 is 0 Å². The fraction of sp³-hybridized carbons (Fsp3) is 0. The minimum atomic E-state index is -1.21. The summed E-state index contributed by atoms with van der Waals surface area (Å²) in [6.07, 6.45) is 3.55. The summed E-state index contributed by atoms with van der Waals surface area (Å²) in [7, 11) is 0. The van der Waals surface area contributed by atoms with Gasteiger partial charge in [-0.15, -0.1) is 12.4 Å². The van der Waals surface area contributed by atoms with E-state index in [9.17, 15) is 9.59 Å². The molecule has 136 valence electrons. The predicted octanol–water partition coefficient (Wildman–Crippen LogP) is 4.18. The third-order valence-corrected chi connectivity index (χ3v) is 4.75. The normalized spacial score (nSPS) is 11.0. The molecule has 2 aromatic heterocycles. The van der Waals surface area contributed by atoms with Crippen molar-refractivity contribution >= 4 is 50.9 Å². The number of carbonyl (C=O) groups excluding carboxylic acids is 1. The lowest BCUT2D eigenvalue weighted by molar-refractivity contribution is -0.133. The Kier molecular flexibility index (Phi) is 5.25. The third kappa shape index (κ3) is 3.84. The summed E-state index contributed by atoms with van der Waals surface area (Å²) in [5, 5.41) is 8.54. The number of ether oxygens (including phenoxy) is 1. The Bertz CT molecular complexity index is 1180. The zero-order valence-electron chi connectivity index (χ0n) is 13.7. The molecule has 8 heteroatoms. The maximum Gasteiger partial charge on any atom is 0.336 e. The van der Waals surface area contributed by atoms with E-state index in [1.165, 1.54) is 0 Å². The van der Waals surface area contributed by atoms with Crippen LogP contribution in [0, 0.1) is 0 Å². The fourth-order valence-electron chi connectivity index (χ4n) is 2.60. The number of fused-ring (bicyclic) bond motifs is 3. The van der Waals surface area contributed by atoms with Crippen LogP contribution in [0.3, 0.4) is 0 Å². The van der Waals surface area contributed by atoms with Crippen LogP contribution in [-0.2, 0) is 9.59 Å². The van der Waals surface area contributed by atoms with Gasteiger partial charge in [-0.2, -0.15) is 0 Å². The number of hydrogen-bond acceptors (Lipinski definition) is 5. The Morgan fingerprint density at radius 2 is 1.93 bits per heavy atom. The SMILES string of the molecule is Cl.O=C(O)/C=C\C(=O)Oc1cccc(-c2cn3c(n2)sc2ccccc23)c1. The number of aromatic nitrogens is 2. The number of thiazole rings is 1. The molecule has 2 aromatic carbocycles. The summed E-state index contributed by atoms with van der Waals surface area (Å²) < 4.78 is 8.32. The molecule has 6 nitrogen and oxygen atoms in total. The zero-order valence-corrected chi connectivity index (χ0v) is 15.4. The molecule has 4 rings (SSSR count). The predicted molar refractivity (Wildman–Crippen MR) is 106 cm³/mol. The Hall–Kier alpha value is -3.16. The summed E-state index contributed by atoms with van der Waals surface area (Å²) >= 11 is 1.60. The first-order chi connectivity index (χ1) is 12.6. The van der Waals surface area contributed by atoms with Crippen LogP contribution in [0.2, 0.25) is 0 Å². The van der Waals surface area contributed by atoms with Gasteiger partial charge in [-0.25, -0.2) is 14.6 Å². The molecule has 27 heavy (non-hydrogen) atoms. The molecule has 4 aromatic rings. The number of imidazole rings is 1. The Morgan fingerprint density at radius 1 is 1.11 bits per heavy atom. The second-order valence-electron chi connectivity index (χ2n) is 5.47. The van der Waals surface area contributed by atoms with E-state index < -0.39 is 11.9 Å². The lowest BCUT2D eigenvalue weighted by Gasteiger charge is -2.03. The Balaban J connectivity index is 0.00000210. The van der Waals surface area contributed by atoms with E-state index in [0.29, 0.717) is 5.75 Å². The van der Waals surface area contributed by atoms with E-state index in [1.807, 2.05) is 34.9 Å². The van der Waals surface area contributed by atoms with Gasteiger partial charge in [-0.05, 0) is 24.3 Å². The number of aliphatic carboxylic acids is 1. The number of hydrogen-bond donors (Lipinski definition) is 1. The quantitative estimate of drug-likeness (QED) is 0.315. The topological polar surface area (TPSA) is 80.9 Å². The molecule has 0 fully saturated rings. The van der Waals surface area contributed by atoms with Crippen LogP contribution in [0.4, 0.5) is 0 Å². The molecule has 0 saturated carbocycles. The van der Waals surface area contributed by atoms with Crippen LogP contribution in [0.1, 0.15) is 0 Å². The molecule has 0 amide bonds. The number of carbonyl (C=O) groups is 2. The molecule has 0 aliphatic heterocycles. The van der Waals surface area contributed by atoms with Gasteiger partial charge < -0.3 is 9.84 Å². The Labute approximate surface area is 163 Å². The highest BCUT2D eigenvalue weighted by atomic mass is 35.5. The number of carboxylic acids is 1. The summed E-state index contributed by atoms with van der Waals surface area (Å²) in [5.74, 6) is -1.63. The molecule has 0 unspecified atom stereocenters. The van der Waals surface area contributed by atoms with E-state index in [2.05, 4.69) is 11.1 Å². The number of para-hydroxylation sites is 1. The highest BCUT2D eigenvalue weighted by Crippen LogP contribution is 2.30. The second kappa shape index (κ2) is 7.61. The maximum atomic E-state index is 11.6. The molecule has 0 spiro atoms. The van der Waals surface area contributed by atoms with Crippen LogP contribution >= 0.6 is 23.7 Å². The third-order valence-electron chi connectivity index (χ3n) is 3.71. The number of halogens is 1. The van der Waals surface area contributed by atoms with Crippen LogP contribution < -0.4 is 4.74 Å². The fourth-order valence-corrected chi connectivity index (χ4v) is 3.60. The van der Waals surface area contributed by atoms with Crippen molar-refractivity contribution in [2.24, 2.45) is 0 Å². The summed E-state index contributed by atoms with van der Waals surface area (Å²) in [6, 6.07) is 15.0. The van der Waals surface area contributed by atoms with Crippen LogP contribution in [-0.4, -0.2) is 26.4 Å². The molecule has 0 bridgehead atoms. The molecule has 0 atom stereocenters. The van der Waals surface area contributed by atoms with E-state index in [1.54, 1.807) is 29.5 Å². The van der Waals surface area contributed by atoms with Crippen LogP contribution in [0.5, 0.6) is 5.75 Å². The number of nitrogens with zero attached hydrogens (tertiary/aromatic N) is 2. The Morgan fingerprint density at radius 3 is 2.74 bits per heavy atom. The van der Waals surface area contributed by atoms with Gasteiger partial charge in [0.05, 0.1) is 15.9 Å². The van der Waals surface area contributed by atoms with E-state index in [4.69, 9.17) is 9.84 Å². The van der Waals surface area contributed by atoms with Gasteiger partial charge in [-0.3, -0.25) is 4.40 Å². The van der Waals surface area contributed by atoms with Crippen molar-refractivity contribution in [1.82, 2.24) is 9.38 Å². The van der Waals surface area contributed by atoms with Crippen molar-refractivity contribution < 1.29 is 19.4 Å². The maximum absolute atomic E-state index is 11.6. The summed E-state index contributed by atoms with van der Waals surface area (Å²) in [5.41, 5.74) is 2.66. The smallest absolute Gasteiger partial charge is 0.336 e. The first kappa shape index (κ1) is 18.6. The van der Waals surface area contributed by atoms with Crippen molar-refractivity contribution in [3.05, 3.63) is 66.9 Å². The number of rotatable bonds is 4. The number of carboxylic acid groups (broad SMARTS) is 1. The van der Waals surface area contributed by atoms with Crippen molar-refractivity contribution in [1.29, 1.82) is 0 Å². The van der Waals surface area contributed by atoms with Crippen molar-refractivity contribution in [2.75, 3.05) is 0 Å². The average Bonchev–Trinajstić information content (AvgIpc) is 3.18. The number of benzene rings is 2. The summed E-state index contributed by atoms with van der Waals surface area (Å²) in [6.45, 7) is 0. The zero-order chi connectivity index (χ0) is 18.1. The minimum Gasteiger partial charge on any atom is -0.478 e. The van der Waals surface area contributed by atoms with Gasteiger partial charge in [0, 0.05) is 23.9 Å². The first-order valence-electron chi connectivity index (χ1n) is 7.70. The summed E-state index contributed by atoms with van der Waals surface area (Å²) in [4.78, 5) is 27.6. The van der Waals surface area contributed by atoms with Crippen LogP contribution in [0.15, 0.2) is 66.9 Å². The van der Waals surface area contributed by atoms with Gasteiger partial charge in [0.2, 0.25) is 0 Å². The molecule has 1 N–H and O–H groups in total. The van der Waals surface area contributed by atoms with Gasteiger partial charge in [0.1, 0.15) is 5.75 Å². The number of esters is 1. The van der Waals surface area contributed by atoms with E-state index in [0.717, 1.165) is 38.6 Å². The van der Waals surface area contributed by atoms with E-state index in [-0.39, 0.29) is 12.4 Å². The molecule has 0 saturated heterocycles. The van der Waals surface area contributed by atoms with Gasteiger partial charge >= 0.3 is 11.9 Å². The monoisotopic (exact) mass is 400 g/mol. The highest BCUT2D eigenvalue weighted by molar-refractivity contribution is 7.23. The molecule has 0 radical (unpaired) electrons. The molecule has 0 aliphatic carbocycles. The standard InChI is InChI=1S/C19H12N2O4S.ClH/c22-17(23)8-9-18(24)25-13-5-3-4-12(10-13)14-11-21-15-6-1-2-7-16(15)26-19(21)20-14;/h1-11H,(H,22,23);1H/b9-8-;. The lowest BCUT2D eigenvalue weighted by Crippen LogP contribution is -2.04. The average molecular weight is 401 g/mol. The van der Waals surface area contributed by atoms with Gasteiger partial charge in [0.25, 0.3) is 0 Å². The first-order valence-corrected chi connectivity index (χ1v) is 8.52. The molecular formula is C19H13ClN2O4S. The minimum absolute atomic E-state index is 0. The molecule has 2 heterocycles. The van der Waals surface area contributed by atoms with Crippen molar-refractivity contribution in [3.63, 3.8) is 0 Å². The second-order valence-corrected chi connectivity index (χ2v) is 6.48. The van der Waals surface area contributed by atoms with Gasteiger partial charge in [0.15, 0.2) is 4.96 Å². The van der Waals surface area contributed by atoms with Crippen LogP contribution in [0.25, 0.3) is 26.4 Å². The van der Waals surface area contributed by atoms with Gasteiger partial charge in [-0.1, -0.05) is 35.6 Å². The van der Waals surface area contributed by atoms with Crippen molar-refractivity contribution in [2.45, 2.75) is 0 Å². The molecule has 0 aliphatic rings.